The van der Waals surface area contributed by atoms with Crippen LogP contribution >= 0.6 is 0 Å². The average molecular weight is 295 g/mol. The van der Waals surface area contributed by atoms with Crippen molar-refractivity contribution in [3.05, 3.63) is 33.1 Å². The Morgan fingerprint density at radius 1 is 1.44 bits per heavy atom. The van der Waals surface area contributed by atoms with Crippen LogP contribution in [0, 0.1) is 0 Å². The van der Waals surface area contributed by atoms with Crippen LogP contribution in [0.25, 0.3) is 0 Å². The van der Waals surface area contributed by atoms with Gasteiger partial charge in [-0.2, -0.15) is 0 Å². The van der Waals surface area contributed by atoms with Gasteiger partial charge in [-0.15, -0.1) is 0 Å². The molecule has 7 heteroatoms. The standard InChI is InChI=1S/C9H8N3O3.Y/c1-10-7(14)11-6-2-3-9(4-6,5-13)12(11)8(10)15;/h2-3,6H,4H2,1H3;/q-1;. The Morgan fingerprint density at radius 3 is 2.75 bits per heavy atom. The van der Waals surface area contributed by atoms with Gasteiger partial charge in [0.05, 0.1) is 6.04 Å². The molecule has 1 aromatic heterocycles. The summed E-state index contributed by atoms with van der Waals surface area (Å²) in [5.74, 6) is 0. The third-order valence-corrected chi connectivity index (χ3v) is 3.15. The fraction of sp³-hybridized carbons (Fsp3) is 0.444. The monoisotopic (exact) mass is 295 g/mol. The molecule has 81 valence electrons. The van der Waals surface area contributed by atoms with Gasteiger partial charge in [-0.3, -0.25) is 0 Å². The second-order valence-electron chi connectivity index (χ2n) is 3.94. The number of aromatic nitrogens is 3. The Labute approximate surface area is 115 Å². The molecule has 1 radical (unpaired) electrons. The maximum Gasteiger partial charge on any atom is 0.347 e. The molecule has 16 heavy (non-hydrogen) atoms. The Bertz CT molecular complexity index is 608. The summed E-state index contributed by atoms with van der Waals surface area (Å²) in [7, 11) is 1.40. The van der Waals surface area contributed by atoms with E-state index in [2.05, 4.69) is 0 Å². The minimum Gasteiger partial charge on any atom is -0.539 e. The van der Waals surface area contributed by atoms with E-state index in [9.17, 15) is 14.4 Å². The van der Waals surface area contributed by atoms with Crippen molar-refractivity contribution in [2.75, 3.05) is 0 Å². The zero-order valence-electron chi connectivity index (χ0n) is 8.58. The summed E-state index contributed by atoms with van der Waals surface area (Å²) >= 11 is 0. The van der Waals surface area contributed by atoms with Gasteiger partial charge in [-0.25, -0.2) is 29.8 Å². The van der Waals surface area contributed by atoms with E-state index in [1.54, 1.807) is 12.2 Å². The molecule has 2 heterocycles. The number of hydrogen-bond donors (Lipinski definition) is 0. The van der Waals surface area contributed by atoms with Crippen molar-refractivity contribution in [2.45, 2.75) is 18.0 Å². The third-order valence-electron chi connectivity index (χ3n) is 3.15. The van der Waals surface area contributed by atoms with Gasteiger partial charge in [0, 0.05) is 39.8 Å². The molecule has 0 aromatic carbocycles. The summed E-state index contributed by atoms with van der Waals surface area (Å²) in [6.07, 6.45) is 5.71. The number of hydrogen-bond acceptors (Lipinski definition) is 3. The van der Waals surface area contributed by atoms with Crippen LogP contribution in [0.3, 0.4) is 0 Å². The first-order chi connectivity index (χ1) is 7.10. The van der Waals surface area contributed by atoms with Gasteiger partial charge in [0.2, 0.25) is 0 Å². The average Bonchev–Trinajstić information content (AvgIpc) is 2.86. The van der Waals surface area contributed by atoms with Crippen molar-refractivity contribution in [1.82, 2.24) is 13.9 Å². The zero-order valence-corrected chi connectivity index (χ0v) is 11.4. The molecule has 6 nitrogen and oxygen atoms in total. The first-order valence-electron chi connectivity index (χ1n) is 4.60. The van der Waals surface area contributed by atoms with Crippen molar-refractivity contribution >= 4 is 6.29 Å². The molecule has 1 aliphatic carbocycles. The second-order valence-corrected chi connectivity index (χ2v) is 3.94. The molecule has 1 aromatic rings. The van der Waals surface area contributed by atoms with E-state index in [1.165, 1.54) is 16.4 Å². The molecule has 2 atom stereocenters. The van der Waals surface area contributed by atoms with Crippen molar-refractivity contribution in [3.63, 3.8) is 0 Å². The number of fused-ring (bicyclic) bond motifs is 5. The van der Waals surface area contributed by atoms with E-state index < -0.39 is 11.2 Å². The largest absolute Gasteiger partial charge is 0.539 e. The molecule has 0 spiro atoms. The van der Waals surface area contributed by atoms with Gasteiger partial charge >= 0.3 is 11.4 Å². The van der Waals surface area contributed by atoms with Crippen LogP contribution in [0.15, 0.2) is 21.7 Å². The predicted molar refractivity (Wildman–Crippen MR) is 50.4 cm³/mol. The summed E-state index contributed by atoms with van der Waals surface area (Å²) < 4.78 is 3.53. The van der Waals surface area contributed by atoms with Crippen LogP contribution in [-0.2, 0) is 50.1 Å². The van der Waals surface area contributed by atoms with Gasteiger partial charge in [0.15, 0.2) is 0 Å². The van der Waals surface area contributed by atoms with Crippen molar-refractivity contribution < 1.29 is 37.5 Å². The van der Waals surface area contributed by atoms with Crippen molar-refractivity contribution in [2.24, 2.45) is 7.05 Å². The minimum absolute atomic E-state index is 0. The quantitative estimate of drug-likeness (QED) is 0.476. The van der Waals surface area contributed by atoms with Crippen LogP contribution in [-0.4, -0.2) is 20.2 Å². The van der Waals surface area contributed by atoms with Gasteiger partial charge < -0.3 is 4.79 Å². The Hall–Kier alpha value is -0.746. The second kappa shape index (κ2) is 3.37. The molecule has 2 unspecified atom stereocenters. The van der Waals surface area contributed by atoms with E-state index in [0.717, 1.165) is 4.57 Å². The van der Waals surface area contributed by atoms with E-state index in [1.807, 2.05) is 6.29 Å². The summed E-state index contributed by atoms with van der Waals surface area (Å²) in [6.45, 7) is 0. The molecule has 0 fully saturated rings. The molecule has 3 rings (SSSR count). The number of carbonyl (C=O) groups excluding carboxylic acids is 1. The van der Waals surface area contributed by atoms with E-state index in [-0.39, 0.29) is 44.4 Å². The fourth-order valence-corrected chi connectivity index (χ4v) is 2.38. The van der Waals surface area contributed by atoms with Crippen molar-refractivity contribution in [1.29, 1.82) is 0 Å². The molecular formula is C9H8N3O3Y-. The number of rotatable bonds is 1. The number of allylic oxidation sites excluding steroid dienone is 2. The summed E-state index contributed by atoms with van der Waals surface area (Å²) in [5, 5.41) is 0. The molecule has 0 N–H and O–H groups in total. The van der Waals surface area contributed by atoms with E-state index in [4.69, 9.17) is 0 Å². The van der Waals surface area contributed by atoms with E-state index >= 15 is 0 Å². The maximum absolute atomic E-state index is 11.7. The normalized spacial score (nSPS) is 28.9. The van der Waals surface area contributed by atoms with Gasteiger partial charge in [-0.05, 0) is 12.0 Å². The molecular weight excluding hydrogens is 287 g/mol. The minimum atomic E-state index is -1.05. The molecule has 2 bridgehead atoms. The third kappa shape index (κ3) is 1.06. The first kappa shape index (κ1) is 11.7. The maximum atomic E-state index is 11.7. The molecule has 0 saturated heterocycles. The summed E-state index contributed by atoms with van der Waals surface area (Å²) in [6, 6.07) is -0.187. The molecule has 0 amide bonds. The number of nitrogens with zero attached hydrogens (tertiary/aromatic N) is 3. The van der Waals surface area contributed by atoms with Gasteiger partial charge in [0.25, 0.3) is 0 Å². The van der Waals surface area contributed by atoms with Crippen LogP contribution in [0.5, 0.6) is 0 Å². The molecule has 0 saturated carbocycles. The molecule has 1 aliphatic heterocycles. The summed E-state index contributed by atoms with van der Waals surface area (Å²) in [4.78, 5) is 34.4. The summed E-state index contributed by atoms with van der Waals surface area (Å²) in [5.41, 5.74) is -1.90. The topological polar surface area (TPSA) is 66.0 Å². The van der Waals surface area contributed by atoms with Crippen LogP contribution < -0.4 is 11.4 Å². The SMILES string of the molecule is Cn1c(=O)n2n(c1=O)C1([C-]=O)C=CC2C1.[Y]. The van der Waals surface area contributed by atoms with E-state index in [0.29, 0.717) is 6.42 Å². The predicted octanol–water partition coefficient (Wildman–Crippen LogP) is -1.33. The van der Waals surface area contributed by atoms with Gasteiger partial charge in [0.1, 0.15) is 0 Å². The smallest absolute Gasteiger partial charge is 0.347 e. The Kier molecular flexibility index (Phi) is 2.47. The van der Waals surface area contributed by atoms with Gasteiger partial charge in [-0.1, -0.05) is 12.2 Å². The Balaban J connectivity index is 0.000000963. The van der Waals surface area contributed by atoms with Crippen LogP contribution in [0.2, 0.25) is 0 Å². The zero-order chi connectivity index (χ0) is 10.8. The van der Waals surface area contributed by atoms with Crippen LogP contribution in [0.1, 0.15) is 12.5 Å². The Morgan fingerprint density at radius 2 is 2.12 bits per heavy atom. The fourth-order valence-electron chi connectivity index (χ4n) is 2.38. The van der Waals surface area contributed by atoms with Crippen LogP contribution in [0.4, 0.5) is 0 Å². The molecule has 2 aliphatic rings. The first-order valence-corrected chi connectivity index (χ1v) is 4.60. The van der Waals surface area contributed by atoms with Crippen molar-refractivity contribution in [3.8, 4) is 0 Å².